The molecule has 2 aromatic heterocycles. The molecule has 1 aromatic carbocycles. The van der Waals surface area contributed by atoms with E-state index in [1.54, 1.807) is 0 Å². The van der Waals surface area contributed by atoms with Gasteiger partial charge in [0.1, 0.15) is 6.23 Å². The topological polar surface area (TPSA) is 70.0 Å². The molecule has 0 spiro atoms. The average Bonchev–Trinajstić information content (AvgIpc) is 2.96. The van der Waals surface area contributed by atoms with Crippen LogP contribution in [0.4, 0.5) is 0 Å². The molecular formula is C20H24BrN3O2. The number of aromatic amines is 1. The maximum Gasteiger partial charge on any atom is 0.252 e. The lowest BCUT2D eigenvalue weighted by molar-refractivity contribution is 0.138. The molecule has 6 heteroatoms. The molecule has 1 unspecified atom stereocenters. The normalized spacial score (nSPS) is 12.9. The molecule has 0 fully saturated rings. The number of halogens is 1. The van der Waals surface area contributed by atoms with Gasteiger partial charge in [-0.25, -0.2) is 0 Å². The maximum absolute atomic E-state index is 12.2. The van der Waals surface area contributed by atoms with Crippen LogP contribution >= 0.6 is 15.9 Å². The molecule has 5 nitrogen and oxygen atoms in total. The first-order chi connectivity index (χ1) is 12.3. The number of H-pyrrole nitrogens is 1. The van der Waals surface area contributed by atoms with Crippen LogP contribution in [0.15, 0.2) is 39.7 Å². The van der Waals surface area contributed by atoms with Crippen LogP contribution in [0, 0.1) is 13.8 Å². The largest absolute Gasteiger partial charge is 0.374 e. The molecule has 0 saturated heterocycles. The summed E-state index contributed by atoms with van der Waals surface area (Å²) in [6.45, 7) is 8.31. The van der Waals surface area contributed by atoms with Crippen molar-refractivity contribution in [1.29, 1.82) is 0 Å². The number of aryl methyl sites for hydroxylation is 2. The number of pyridine rings is 1. The highest BCUT2D eigenvalue weighted by molar-refractivity contribution is 9.10. The van der Waals surface area contributed by atoms with E-state index in [0.717, 1.165) is 32.2 Å². The Morgan fingerprint density at radius 2 is 2.00 bits per heavy atom. The van der Waals surface area contributed by atoms with Gasteiger partial charge in [0, 0.05) is 51.0 Å². The predicted octanol–water partition coefficient (Wildman–Crippen LogP) is 4.07. The fraction of sp³-hybridized carbons (Fsp3) is 0.350. The first-order valence-electron chi connectivity index (χ1n) is 8.68. The summed E-state index contributed by atoms with van der Waals surface area (Å²) < 4.78 is 3.08. The summed E-state index contributed by atoms with van der Waals surface area (Å²) in [5, 5.41) is 14.8. The Bertz CT molecular complexity index is 1000. The number of rotatable bonds is 5. The summed E-state index contributed by atoms with van der Waals surface area (Å²) >= 11 is 3.54. The van der Waals surface area contributed by atoms with Crippen molar-refractivity contribution in [2.75, 3.05) is 0 Å². The van der Waals surface area contributed by atoms with Crippen molar-refractivity contribution in [3.05, 3.63) is 67.7 Å². The molecule has 0 radical (unpaired) electrons. The van der Waals surface area contributed by atoms with Crippen molar-refractivity contribution in [3.8, 4) is 0 Å². The molecule has 0 aliphatic carbocycles. The maximum atomic E-state index is 12.2. The van der Waals surface area contributed by atoms with E-state index < -0.39 is 6.23 Å². The van der Waals surface area contributed by atoms with E-state index in [2.05, 4.69) is 50.7 Å². The van der Waals surface area contributed by atoms with Crippen LogP contribution in [-0.2, 0) is 6.54 Å². The summed E-state index contributed by atoms with van der Waals surface area (Å²) in [6, 6.07) is 8.25. The van der Waals surface area contributed by atoms with E-state index in [4.69, 9.17) is 0 Å². The minimum absolute atomic E-state index is 0.118. The van der Waals surface area contributed by atoms with Gasteiger partial charge in [-0.2, -0.15) is 0 Å². The van der Waals surface area contributed by atoms with Crippen molar-refractivity contribution in [3.63, 3.8) is 0 Å². The molecule has 0 saturated carbocycles. The van der Waals surface area contributed by atoms with Gasteiger partial charge in [-0.15, -0.1) is 0 Å². The van der Waals surface area contributed by atoms with Crippen LogP contribution in [0.2, 0.25) is 0 Å². The molecule has 1 atom stereocenters. The molecule has 0 bridgehead atoms. The number of fused-ring (bicyclic) bond motifs is 1. The summed E-state index contributed by atoms with van der Waals surface area (Å²) in [5.74, 6) is 0. The molecule has 3 rings (SSSR count). The minimum atomic E-state index is -0.877. The lowest BCUT2D eigenvalue weighted by Gasteiger charge is -2.17. The second-order valence-corrected chi connectivity index (χ2v) is 7.89. The summed E-state index contributed by atoms with van der Waals surface area (Å²) in [7, 11) is 0. The standard InChI is InChI=1S/C20H24BrN3O2/c1-11(2)24-6-5-15-16(8-14(21)9-18(15)24)19(25)22-10-17-12(3)7-13(4)23-20(17)26/h5-9,11,19,22,25H,10H2,1-4H3,(H,23,26). The van der Waals surface area contributed by atoms with Gasteiger partial charge in [0.2, 0.25) is 0 Å². The number of aliphatic hydroxyl groups is 1. The van der Waals surface area contributed by atoms with Crippen LogP contribution in [0.25, 0.3) is 10.9 Å². The molecule has 26 heavy (non-hydrogen) atoms. The Hall–Kier alpha value is -1.89. The van der Waals surface area contributed by atoms with E-state index in [1.165, 1.54) is 0 Å². The van der Waals surface area contributed by atoms with Gasteiger partial charge in [-0.1, -0.05) is 15.9 Å². The summed E-state index contributed by atoms with van der Waals surface area (Å²) in [6.07, 6.45) is 1.16. The predicted molar refractivity (Wildman–Crippen MR) is 108 cm³/mol. The number of aliphatic hydroxyl groups excluding tert-OH is 1. The first kappa shape index (κ1) is 18.9. The van der Waals surface area contributed by atoms with Crippen LogP contribution in [0.3, 0.4) is 0 Å². The van der Waals surface area contributed by atoms with Gasteiger partial charge in [0.25, 0.3) is 5.56 Å². The molecular weight excluding hydrogens is 394 g/mol. The van der Waals surface area contributed by atoms with Crippen LogP contribution in [-0.4, -0.2) is 14.7 Å². The lowest BCUT2D eigenvalue weighted by atomic mass is 10.1. The van der Waals surface area contributed by atoms with Crippen LogP contribution in [0.1, 0.15) is 48.5 Å². The highest BCUT2D eigenvalue weighted by Crippen LogP contribution is 2.30. The number of benzene rings is 1. The van der Waals surface area contributed by atoms with Gasteiger partial charge in [-0.3, -0.25) is 10.1 Å². The monoisotopic (exact) mass is 417 g/mol. The van der Waals surface area contributed by atoms with Gasteiger partial charge in [0.15, 0.2) is 0 Å². The molecule has 2 heterocycles. The minimum Gasteiger partial charge on any atom is -0.374 e. The number of aromatic nitrogens is 2. The van der Waals surface area contributed by atoms with Gasteiger partial charge >= 0.3 is 0 Å². The second kappa shape index (κ2) is 7.39. The van der Waals surface area contributed by atoms with Crippen LogP contribution in [0.5, 0.6) is 0 Å². The second-order valence-electron chi connectivity index (χ2n) is 6.97. The van der Waals surface area contributed by atoms with Crippen molar-refractivity contribution in [2.45, 2.75) is 46.5 Å². The zero-order valence-electron chi connectivity index (χ0n) is 15.4. The Labute approximate surface area is 161 Å². The third-order valence-corrected chi connectivity index (χ3v) is 5.11. The molecule has 3 aromatic rings. The number of hydrogen-bond acceptors (Lipinski definition) is 3. The van der Waals surface area contributed by atoms with E-state index in [-0.39, 0.29) is 5.56 Å². The fourth-order valence-electron chi connectivity index (χ4n) is 3.34. The fourth-order valence-corrected chi connectivity index (χ4v) is 3.80. The SMILES string of the molecule is Cc1cc(C)c(CNC(O)c2cc(Br)cc3c2ccn3C(C)C)c(=O)[nH]1. The zero-order chi connectivity index (χ0) is 19.0. The number of nitrogens with zero attached hydrogens (tertiary/aromatic N) is 1. The van der Waals surface area contributed by atoms with Crippen molar-refractivity contribution < 1.29 is 5.11 Å². The lowest BCUT2D eigenvalue weighted by Crippen LogP contribution is -2.26. The Morgan fingerprint density at radius 1 is 1.27 bits per heavy atom. The van der Waals surface area contributed by atoms with Crippen molar-refractivity contribution in [1.82, 2.24) is 14.9 Å². The molecule has 138 valence electrons. The molecule has 3 N–H and O–H groups in total. The quantitative estimate of drug-likeness (QED) is 0.547. The average molecular weight is 418 g/mol. The molecule has 0 aliphatic rings. The molecule has 0 amide bonds. The first-order valence-corrected chi connectivity index (χ1v) is 9.48. The Kier molecular flexibility index (Phi) is 5.37. The van der Waals surface area contributed by atoms with Gasteiger partial charge in [0.05, 0.1) is 0 Å². The smallest absolute Gasteiger partial charge is 0.252 e. The summed E-state index contributed by atoms with van der Waals surface area (Å²) in [4.78, 5) is 15.0. The zero-order valence-corrected chi connectivity index (χ0v) is 17.0. The van der Waals surface area contributed by atoms with Gasteiger partial charge < -0.3 is 14.7 Å². The Morgan fingerprint density at radius 3 is 2.65 bits per heavy atom. The third kappa shape index (κ3) is 3.63. The van der Waals surface area contributed by atoms with E-state index in [9.17, 15) is 9.90 Å². The highest BCUT2D eigenvalue weighted by atomic mass is 79.9. The van der Waals surface area contributed by atoms with Crippen molar-refractivity contribution in [2.24, 2.45) is 0 Å². The van der Waals surface area contributed by atoms with Crippen molar-refractivity contribution >= 4 is 26.8 Å². The van der Waals surface area contributed by atoms with E-state index in [0.29, 0.717) is 18.2 Å². The Balaban J connectivity index is 1.91. The highest BCUT2D eigenvalue weighted by Gasteiger charge is 2.16. The van der Waals surface area contributed by atoms with Crippen LogP contribution < -0.4 is 10.9 Å². The summed E-state index contributed by atoms with van der Waals surface area (Å²) in [5.41, 5.74) is 4.12. The van der Waals surface area contributed by atoms with Gasteiger partial charge in [-0.05, 0) is 57.5 Å². The van der Waals surface area contributed by atoms with E-state index in [1.807, 2.05) is 38.2 Å². The van der Waals surface area contributed by atoms with E-state index >= 15 is 0 Å². The number of hydrogen-bond donors (Lipinski definition) is 3. The third-order valence-electron chi connectivity index (χ3n) is 4.65. The number of nitrogens with one attached hydrogen (secondary N) is 2. The molecule has 0 aliphatic heterocycles.